The van der Waals surface area contributed by atoms with Crippen molar-refractivity contribution >= 4 is 10.1 Å². The number of nitrogens with two attached hydrogens (primary N) is 2. The van der Waals surface area contributed by atoms with Crippen LogP contribution in [0, 0.1) is 0 Å². The van der Waals surface area contributed by atoms with E-state index in [0.29, 0.717) is 12.8 Å². The Kier molecular flexibility index (Phi) is 5.16. The first-order chi connectivity index (χ1) is 5.85. The first-order valence-corrected chi connectivity index (χ1v) is 5.55. The average Bonchev–Trinajstić information content (AvgIpc) is 1.97. The molecule has 0 bridgehead atoms. The standard InChI is InChI=1S/C7H16N2O3S/c1-2-6(8)3-4-7(9)5-13(10,11)12/h2,6-7H,1,3-5,8-9H2,(H,10,11,12). The Balaban J connectivity index is 3.76. The van der Waals surface area contributed by atoms with Gasteiger partial charge in [0.25, 0.3) is 10.1 Å². The summed E-state index contributed by atoms with van der Waals surface area (Å²) in [6.45, 7) is 3.48. The van der Waals surface area contributed by atoms with Crippen molar-refractivity contribution in [3.05, 3.63) is 12.7 Å². The molecule has 13 heavy (non-hydrogen) atoms. The second kappa shape index (κ2) is 5.33. The molecule has 5 nitrogen and oxygen atoms in total. The van der Waals surface area contributed by atoms with Gasteiger partial charge >= 0.3 is 0 Å². The van der Waals surface area contributed by atoms with Crippen molar-refractivity contribution in [2.75, 3.05) is 5.75 Å². The van der Waals surface area contributed by atoms with Crippen LogP contribution in [0.4, 0.5) is 0 Å². The van der Waals surface area contributed by atoms with Crippen LogP contribution in [0.15, 0.2) is 12.7 Å². The Hall–Kier alpha value is -0.430. The van der Waals surface area contributed by atoms with Gasteiger partial charge in [-0.15, -0.1) is 6.58 Å². The molecule has 0 aromatic rings. The summed E-state index contributed by atoms with van der Waals surface area (Å²) < 4.78 is 29.2. The summed E-state index contributed by atoms with van der Waals surface area (Å²) in [6.07, 6.45) is 2.59. The van der Waals surface area contributed by atoms with Crippen LogP contribution in [-0.4, -0.2) is 30.8 Å². The second-order valence-corrected chi connectivity index (χ2v) is 4.48. The van der Waals surface area contributed by atoms with Crippen molar-refractivity contribution < 1.29 is 13.0 Å². The Morgan fingerprint density at radius 2 is 1.92 bits per heavy atom. The fraction of sp³-hybridized carbons (Fsp3) is 0.714. The Bertz CT molecular complexity index is 250. The molecule has 2 unspecified atom stereocenters. The van der Waals surface area contributed by atoms with E-state index in [-0.39, 0.29) is 6.04 Å². The molecule has 0 aromatic heterocycles. The quantitative estimate of drug-likeness (QED) is 0.403. The summed E-state index contributed by atoms with van der Waals surface area (Å²) in [5.41, 5.74) is 10.9. The third-order valence-electron chi connectivity index (χ3n) is 1.60. The van der Waals surface area contributed by atoms with Gasteiger partial charge in [0.2, 0.25) is 0 Å². The highest BCUT2D eigenvalue weighted by molar-refractivity contribution is 7.85. The van der Waals surface area contributed by atoms with E-state index in [4.69, 9.17) is 16.0 Å². The molecule has 0 aliphatic heterocycles. The molecule has 0 aliphatic rings. The van der Waals surface area contributed by atoms with E-state index in [2.05, 4.69) is 6.58 Å². The lowest BCUT2D eigenvalue weighted by Gasteiger charge is -2.11. The maximum Gasteiger partial charge on any atom is 0.266 e. The van der Waals surface area contributed by atoms with Crippen molar-refractivity contribution in [1.82, 2.24) is 0 Å². The van der Waals surface area contributed by atoms with E-state index < -0.39 is 21.9 Å². The first kappa shape index (κ1) is 12.6. The molecule has 0 heterocycles. The van der Waals surface area contributed by atoms with Crippen LogP contribution in [0.5, 0.6) is 0 Å². The fourth-order valence-corrected chi connectivity index (χ4v) is 1.59. The third kappa shape index (κ3) is 7.92. The van der Waals surface area contributed by atoms with Crippen LogP contribution in [0.1, 0.15) is 12.8 Å². The molecule has 78 valence electrons. The maximum absolute atomic E-state index is 10.4. The van der Waals surface area contributed by atoms with E-state index in [0.717, 1.165) is 0 Å². The van der Waals surface area contributed by atoms with E-state index in [1.807, 2.05) is 0 Å². The van der Waals surface area contributed by atoms with Gasteiger partial charge in [-0.25, -0.2) is 0 Å². The molecule has 0 radical (unpaired) electrons. The van der Waals surface area contributed by atoms with E-state index >= 15 is 0 Å². The van der Waals surface area contributed by atoms with Crippen LogP contribution in [0.2, 0.25) is 0 Å². The smallest absolute Gasteiger partial charge is 0.266 e. The van der Waals surface area contributed by atoms with E-state index in [1.54, 1.807) is 6.08 Å². The largest absolute Gasteiger partial charge is 0.327 e. The molecule has 0 aliphatic carbocycles. The van der Waals surface area contributed by atoms with Crippen molar-refractivity contribution in [3.63, 3.8) is 0 Å². The third-order valence-corrected chi connectivity index (χ3v) is 2.45. The van der Waals surface area contributed by atoms with E-state index in [1.165, 1.54) is 0 Å². The zero-order valence-electron chi connectivity index (χ0n) is 7.39. The Labute approximate surface area is 78.5 Å². The van der Waals surface area contributed by atoms with Gasteiger partial charge in [0.1, 0.15) is 0 Å². The van der Waals surface area contributed by atoms with Gasteiger partial charge in [0.05, 0.1) is 5.75 Å². The highest BCUT2D eigenvalue weighted by atomic mass is 32.2. The molecule has 0 aromatic carbocycles. The number of rotatable bonds is 6. The molecule has 0 saturated heterocycles. The molecule has 0 fully saturated rings. The second-order valence-electron chi connectivity index (χ2n) is 2.99. The summed E-state index contributed by atoms with van der Waals surface area (Å²) in [5, 5.41) is 0. The minimum Gasteiger partial charge on any atom is -0.327 e. The molecule has 2 atom stereocenters. The lowest BCUT2D eigenvalue weighted by Crippen LogP contribution is -2.31. The van der Waals surface area contributed by atoms with Crippen LogP contribution in [0.25, 0.3) is 0 Å². The zero-order valence-corrected chi connectivity index (χ0v) is 8.20. The van der Waals surface area contributed by atoms with Gasteiger partial charge in [-0.2, -0.15) is 8.42 Å². The van der Waals surface area contributed by atoms with Crippen molar-refractivity contribution in [1.29, 1.82) is 0 Å². The topological polar surface area (TPSA) is 106 Å². The SMILES string of the molecule is C=CC(N)CCC(N)CS(=O)(=O)O. The molecule has 0 saturated carbocycles. The van der Waals surface area contributed by atoms with Crippen molar-refractivity contribution in [3.8, 4) is 0 Å². The molecule has 6 heteroatoms. The molecular formula is C7H16N2O3S. The lowest BCUT2D eigenvalue weighted by atomic mass is 10.1. The molecule has 5 N–H and O–H groups in total. The van der Waals surface area contributed by atoms with Crippen LogP contribution < -0.4 is 11.5 Å². The molecule has 0 amide bonds. The van der Waals surface area contributed by atoms with Crippen molar-refractivity contribution in [2.24, 2.45) is 11.5 Å². The molecule has 0 rings (SSSR count). The Morgan fingerprint density at radius 3 is 2.31 bits per heavy atom. The van der Waals surface area contributed by atoms with E-state index in [9.17, 15) is 8.42 Å². The molecule has 0 spiro atoms. The van der Waals surface area contributed by atoms with Gasteiger partial charge in [-0.1, -0.05) is 6.08 Å². The minimum absolute atomic E-state index is 0.174. The van der Waals surface area contributed by atoms with Gasteiger partial charge < -0.3 is 11.5 Å². The maximum atomic E-state index is 10.4. The monoisotopic (exact) mass is 208 g/mol. The van der Waals surface area contributed by atoms with Crippen LogP contribution in [0.3, 0.4) is 0 Å². The Morgan fingerprint density at radius 1 is 1.38 bits per heavy atom. The fourth-order valence-electron chi connectivity index (χ4n) is 0.878. The number of hydrogen-bond acceptors (Lipinski definition) is 4. The number of hydrogen-bond donors (Lipinski definition) is 3. The first-order valence-electron chi connectivity index (χ1n) is 3.94. The summed E-state index contributed by atoms with van der Waals surface area (Å²) in [5.74, 6) is -0.420. The predicted octanol–water partition coefficient (Wildman–Crippen LogP) is -0.505. The van der Waals surface area contributed by atoms with Crippen LogP contribution >= 0.6 is 0 Å². The highest BCUT2D eigenvalue weighted by Crippen LogP contribution is 2.00. The van der Waals surface area contributed by atoms with Gasteiger partial charge in [0.15, 0.2) is 0 Å². The minimum atomic E-state index is -3.97. The summed E-state index contributed by atoms with van der Waals surface area (Å²) in [4.78, 5) is 0. The van der Waals surface area contributed by atoms with Crippen LogP contribution in [-0.2, 0) is 10.1 Å². The van der Waals surface area contributed by atoms with Gasteiger partial charge in [0, 0.05) is 12.1 Å². The highest BCUT2D eigenvalue weighted by Gasteiger charge is 2.12. The summed E-state index contributed by atoms with van der Waals surface area (Å²) >= 11 is 0. The van der Waals surface area contributed by atoms with Gasteiger partial charge in [-0.05, 0) is 12.8 Å². The normalized spacial score (nSPS) is 16.5. The lowest BCUT2D eigenvalue weighted by molar-refractivity contribution is 0.471. The zero-order chi connectivity index (χ0) is 10.5. The van der Waals surface area contributed by atoms with Gasteiger partial charge in [-0.3, -0.25) is 4.55 Å². The average molecular weight is 208 g/mol. The predicted molar refractivity (Wildman–Crippen MR) is 51.8 cm³/mol. The summed E-state index contributed by atoms with van der Waals surface area (Å²) in [6, 6.07) is -0.742. The molecular weight excluding hydrogens is 192 g/mol. The summed E-state index contributed by atoms with van der Waals surface area (Å²) in [7, 11) is -3.97. The van der Waals surface area contributed by atoms with Crippen molar-refractivity contribution in [2.45, 2.75) is 24.9 Å².